The summed E-state index contributed by atoms with van der Waals surface area (Å²) in [6.45, 7) is 1.23. The number of rotatable bonds is 7. The molecule has 4 heterocycles. The Bertz CT molecular complexity index is 1390. The zero-order valence-electron chi connectivity index (χ0n) is 19.5. The molecular weight excluding hydrogens is 442 g/mol. The van der Waals surface area contributed by atoms with Gasteiger partial charge in [-0.05, 0) is 42.7 Å². The van der Waals surface area contributed by atoms with Crippen molar-refractivity contribution in [2.24, 2.45) is 12.8 Å². The summed E-state index contributed by atoms with van der Waals surface area (Å²) >= 11 is 0. The van der Waals surface area contributed by atoms with Gasteiger partial charge in [-0.3, -0.25) is 9.59 Å². The summed E-state index contributed by atoms with van der Waals surface area (Å²) in [5.41, 5.74) is 9.51. The molecule has 9 heteroatoms. The first-order chi connectivity index (χ1) is 17.0. The minimum absolute atomic E-state index is 0.129. The molecule has 178 valence electrons. The van der Waals surface area contributed by atoms with Gasteiger partial charge >= 0.3 is 0 Å². The first kappa shape index (κ1) is 22.4. The second-order valence-electron chi connectivity index (χ2n) is 8.64. The van der Waals surface area contributed by atoms with Crippen molar-refractivity contribution in [2.75, 3.05) is 22.1 Å². The van der Waals surface area contributed by atoms with Crippen molar-refractivity contribution in [3.05, 3.63) is 72.2 Å². The third-order valence-corrected chi connectivity index (χ3v) is 6.30. The number of nitrogens with one attached hydrogen (secondary N) is 2. The fraction of sp³-hybridized carbons (Fsp3) is 0.231. The summed E-state index contributed by atoms with van der Waals surface area (Å²) in [6, 6.07) is 13.6. The molecule has 1 saturated heterocycles. The van der Waals surface area contributed by atoms with Crippen LogP contribution in [0.15, 0.2) is 61.1 Å². The molecule has 0 atom stereocenters. The molecule has 0 saturated carbocycles. The van der Waals surface area contributed by atoms with Crippen LogP contribution in [-0.4, -0.2) is 32.9 Å². The van der Waals surface area contributed by atoms with E-state index in [4.69, 9.17) is 5.73 Å². The summed E-state index contributed by atoms with van der Waals surface area (Å²) in [4.78, 5) is 34.7. The van der Waals surface area contributed by atoms with E-state index in [-0.39, 0.29) is 5.91 Å². The summed E-state index contributed by atoms with van der Waals surface area (Å²) in [6.07, 6.45) is 7.67. The number of nitrogens with zero attached hydrogens (tertiary/aromatic N) is 4. The lowest BCUT2D eigenvalue weighted by molar-refractivity contribution is -0.119. The topological polar surface area (TPSA) is 118 Å². The summed E-state index contributed by atoms with van der Waals surface area (Å²) in [5.74, 6) is 0.671. The summed E-state index contributed by atoms with van der Waals surface area (Å²) in [7, 11) is 2.01. The highest BCUT2D eigenvalue weighted by molar-refractivity contribution is 5.99. The van der Waals surface area contributed by atoms with E-state index >= 15 is 0 Å². The average molecular weight is 470 g/mol. The van der Waals surface area contributed by atoms with E-state index in [0.717, 1.165) is 41.5 Å². The normalized spacial score (nSPS) is 13.7. The Morgan fingerprint density at radius 2 is 1.94 bits per heavy atom. The van der Waals surface area contributed by atoms with Crippen LogP contribution in [0.5, 0.6) is 0 Å². The number of carbonyl (C=O) groups excluding carboxylic acids is 2. The number of hydrogen-bond donors (Lipinski definition) is 3. The Kier molecular flexibility index (Phi) is 6.05. The fourth-order valence-corrected chi connectivity index (χ4v) is 4.41. The molecule has 5 rings (SSSR count). The molecule has 0 unspecified atom stereocenters. The van der Waals surface area contributed by atoms with Crippen LogP contribution in [-0.2, 0) is 18.4 Å². The monoisotopic (exact) mass is 469 g/mol. The van der Waals surface area contributed by atoms with Crippen LogP contribution in [0.4, 0.5) is 23.0 Å². The predicted octanol–water partition coefficient (Wildman–Crippen LogP) is 3.94. The van der Waals surface area contributed by atoms with Gasteiger partial charge in [0.05, 0.1) is 23.1 Å². The maximum absolute atomic E-state index is 12.2. The molecule has 4 N–H and O–H groups in total. The number of anilines is 4. The van der Waals surface area contributed by atoms with Gasteiger partial charge in [-0.2, -0.15) is 0 Å². The zero-order valence-corrected chi connectivity index (χ0v) is 19.5. The van der Waals surface area contributed by atoms with E-state index < -0.39 is 5.91 Å². The van der Waals surface area contributed by atoms with Crippen LogP contribution in [0.3, 0.4) is 0 Å². The van der Waals surface area contributed by atoms with Crippen molar-refractivity contribution in [3.8, 4) is 0 Å². The molecule has 4 aromatic rings. The number of primary amides is 1. The lowest BCUT2D eigenvalue weighted by Crippen LogP contribution is -2.35. The Balaban J connectivity index is 1.34. The molecular formula is C26H27N7O2. The second-order valence-corrected chi connectivity index (χ2v) is 8.64. The standard InChI is InChI=1S/C26H27N7O2/c1-32-12-10-19-17(5-4-6-22(19)32)14-28-21-13-24(30-16-20(21)26(27)35)31-23-9-8-18(15-29-23)33-11-3-2-7-25(33)34/h4-6,8-10,12-13,15-16H,2-3,7,11,14H2,1H3,(H2,27,35)(H2,28,29,30,31). The number of benzene rings is 1. The number of carbonyl (C=O) groups is 2. The predicted molar refractivity (Wildman–Crippen MR) is 137 cm³/mol. The van der Waals surface area contributed by atoms with Gasteiger partial charge in [-0.1, -0.05) is 12.1 Å². The lowest BCUT2D eigenvalue weighted by Gasteiger charge is -2.26. The van der Waals surface area contributed by atoms with Gasteiger partial charge < -0.3 is 25.8 Å². The smallest absolute Gasteiger partial charge is 0.252 e. The quantitative estimate of drug-likeness (QED) is 0.377. The van der Waals surface area contributed by atoms with Gasteiger partial charge in [0, 0.05) is 55.9 Å². The SMILES string of the molecule is Cn1ccc2c(CNc3cc(Nc4ccc(N5CCCCC5=O)cn4)ncc3C(N)=O)cccc21. The minimum Gasteiger partial charge on any atom is -0.380 e. The molecule has 3 aromatic heterocycles. The Morgan fingerprint density at radius 1 is 1.09 bits per heavy atom. The maximum atomic E-state index is 12.2. The van der Waals surface area contributed by atoms with Crippen molar-refractivity contribution < 1.29 is 9.59 Å². The number of piperidine rings is 1. The molecule has 35 heavy (non-hydrogen) atoms. The van der Waals surface area contributed by atoms with Crippen molar-refractivity contribution in [1.82, 2.24) is 14.5 Å². The third-order valence-electron chi connectivity index (χ3n) is 6.30. The summed E-state index contributed by atoms with van der Waals surface area (Å²) < 4.78 is 2.07. The van der Waals surface area contributed by atoms with Gasteiger partial charge in [0.1, 0.15) is 11.6 Å². The van der Waals surface area contributed by atoms with E-state index in [2.05, 4.69) is 43.4 Å². The number of aromatic nitrogens is 3. The number of aryl methyl sites for hydroxylation is 1. The average Bonchev–Trinajstić information content (AvgIpc) is 3.25. The molecule has 0 radical (unpaired) electrons. The number of amides is 2. The first-order valence-electron chi connectivity index (χ1n) is 11.6. The van der Waals surface area contributed by atoms with Crippen LogP contribution >= 0.6 is 0 Å². The van der Waals surface area contributed by atoms with Crippen molar-refractivity contribution >= 4 is 45.7 Å². The first-order valence-corrected chi connectivity index (χ1v) is 11.6. The van der Waals surface area contributed by atoms with Crippen LogP contribution in [0.2, 0.25) is 0 Å². The van der Waals surface area contributed by atoms with Crippen LogP contribution in [0.1, 0.15) is 35.2 Å². The number of nitrogens with two attached hydrogens (primary N) is 1. The molecule has 2 amide bonds. The largest absolute Gasteiger partial charge is 0.380 e. The van der Waals surface area contributed by atoms with Gasteiger partial charge in [0.2, 0.25) is 5.91 Å². The highest BCUT2D eigenvalue weighted by Gasteiger charge is 2.20. The molecule has 0 bridgehead atoms. The van der Waals surface area contributed by atoms with Gasteiger partial charge in [-0.25, -0.2) is 9.97 Å². The van der Waals surface area contributed by atoms with Crippen LogP contribution < -0.4 is 21.3 Å². The van der Waals surface area contributed by atoms with Gasteiger partial charge in [0.25, 0.3) is 5.91 Å². The molecule has 0 spiro atoms. The Morgan fingerprint density at radius 3 is 2.71 bits per heavy atom. The van der Waals surface area contributed by atoms with Gasteiger partial charge in [0.15, 0.2) is 0 Å². The zero-order chi connectivity index (χ0) is 24.4. The van der Waals surface area contributed by atoms with Crippen LogP contribution in [0, 0.1) is 0 Å². The Labute approximate surface area is 203 Å². The number of hydrogen-bond acceptors (Lipinski definition) is 6. The van der Waals surface area contributed by atoms with E-state index in [9.17, 15) is 9.59 Å². The molecule has 1 aromatic carbocycles. The molecule has 1 fully saturated rings. The highest BCUT2D eigenvalue weighted by atomic mass is 16.2. The molecule has 9 nitrogen and oxygen atoms in total. The Hall–Kier alpha value is -4.40. The molecule has 1 aliphatic rings. The van der Waals surface area contributed by atoms with Crippen LogP contribution in [0.25, 0.3) is 10.9 Å². The number of pyridine rings is 2. The molecule has 1 aliphatic heterocycles. The fourth-order valence-electron chi connectivity index (χ4n) is 4.41. The molecule has 0 aliphatic carbocycles. The minimum atomic E-state index is -0.557. The van der Waals surface area contributed by atoms with Crippen molar-refractivity contribution in [2.45, 2.75) is 25.8 Å². The second kappa shape index (κ2) is 9.46. The van der Waals surface area contributed by atoms with Crippen molar-refractivity contribution in [3.63, 3.8) is 0 Å². The van der Waals surface area contributed by atoms with E-state index in [1.807, 2.05) is 31.4 Å². The summed E-state index contributed by atoms with van der Waals surface area (Å²) in [5, 5.41) is 7.65. The lowest BCUT2D eigenvalue weighted by atomic mass is 10.1. The van der Waals surface area contributed by atoms with Crippen molar-refractivity contribution in [1.29, 1.82) is 0 Å². The highest BCUT2D eigenvalue weighted by Crippen LogP contribution is 2.26. The van der Waals surface area contributed by atoms with E-state index in [1.54, 1.807) is 17.2 Å². The van der Waals surface area contributed by atoms with E-state index in [0.29, 0.717) is 35.9 Å². The maximum Gasteiger partial charge on any atom is 0.252 e. The van der Waals surface area contributed by atoms with E-state index in [1.165, 1.54) is 6.20 Å². The number of fused-ring (bicyclic) bond motifs is 1. The van der Waals surface area contributed by atoms with Gasteiger partial charge in [-0.15, -0.1) is 0 Å². The third kappa shape index (κ3) is 4.65.